The molecule has 0 spiro atoms. The Morgan fingerprint density at radius 2 is 1.80 bits per heavy atom. The van der Waals surface area contributed by atoms with Gasteiger partial charge in [0.1, 0.15) is 11.5 Å². The fourth-order valence-electron chi connectivity index (χ4n) is 3.76. The highest BCUT2D eigenvalue weighted by Gasteiger charge is 2.29. The molecule has 0 bridgehead atoms. The Labute approximate surface area is 198 Å². The zero-order valence-corrected chi connectivity index (χ0v) is 19.0. The number of hydrogen-bond donors (Lipinski definition) is 1. The van der Waals surface area contributed by atoms with Crippen molar-refractivity contribution in [2.24, 2.45) is 5.10 Å². The van der Waals surface area contributed by atoms with Crippen LogP contribution in [0.2, 0.25) is 0 Å². The molecule has 1 amide bonds. The van der Waals surface area contributed by atoms with Gasteiger partial charge in [0.2, 0.25) is 5.82 Å². The Kier molecular flexibility index (Phi) is 5.28. The van der Waals surface area contributed by atoms with Crippen LogP contribution in [0.15, 0.2) is 63.6 Å². The van der Waals surface area contributed by atoms with E-state index >= 15 is 0 Å². The molecule has 0 saturated carbocycles. The highest BCUT2D eigenvalue weighted by atomic mass is 16.6. The van der Waals surface area contributed by atoms with Gasteiger partial charge >= 0.3 is 0 Å². The van der Waals surface area contributed by atoms with Crippen molar-refractivity contribution in [3.05, 3.63) is 81.1 Å². The molecule has 11 heteroatoms. The van der Waals surface area contributed by atoms with Crippen molar-refractivity contribution in [2.45, 2.75) is 20.8 Å². The monoisotopic (exact) mass is 469 g/mol. The van der Waals surface area contributed by atoms with Crippen molar-refractivity contribution < 1.29 is 14.1 Å². The van der Waals surface area contributed by atoms with Crippen LogP contribution in [0.25, 0.3) is 28.8 Å². The lowest BCUT2D eigenvalue weighted by atomic mass is 10.0. The smallest absolute Gasteiger partial charge is 0.280 e. The number of aromatic nitrogens is 4. The topological polar surface area (TPSA) is 143 Å². The number of H-pyrrole nitrogens is 1. The second kappa shape index (κ2) is 8.45. The minimum Gasteiger partial charge on any atom is -0.456 e. The number of carbonyl (C=O) groups excluding carboxylic acids is 1. The Balaban J connectivity index is 1.42. The van der Waals surface area contributed by atoms with E-state index in [1.54, 1.807) is 55.5 Å². The third-order valence-electron chi connectivity index (χ3n) is 5.77. The van der Waals surface area contributed by atoms with E-state index in [-0.39, 0.29) is 11.6 Å². The Morgan fingerprint density at radius 3 is 2.49 bits per heavy atom. The number of hydrogen-bond acceptors (Lipinski definition) is 8. The van der Waals surface area contributed by atoms with Crippen molar-refractivity contribution in [1.82, 2.24) is 20.6 Å². The Morgan fingerprint density at radius 1 is 1.06 bits per heavy atom. The predicted molar refractivity (Wildman–Crippen MR) is 128 cm³/mol. The summed E-state index contributed by atoms with van der Waals surface area (Å²) in [5.74, 6) is 0.868. The summed E-state index contributed by atoms with van der Waals surface area (Å²) in [5.41, 5.74) is 4.29. The number of nitrogens with zero attached hydrogens (tertiary/aromatic N) is 6. The molecule has 4 aromatic rings. The van der Waals surface area contributed by atoms with E-state index in [0.29, 0.717) is 39.9 Å². The number of tetrazole rings is 1. The van der Waals surface area contributed by atoms with Gasteiger partial charge in [-0.25, -0.2) is 0 Å². The van der Waals surface area contributed by atoms with Crippen molar-refractivity contribution in [2.75, 3.05) is 5.01 Å². The molecule has 2 aromatic carbocycles. The summed E-state index contributed by atoms with van der Waals surface area (Å²) in [7, 11) is 0. The number of nitrogens with one attached hydrogen (secondary N) is 1. The third kappa shape index (κ3) is 3.99. The largest absolute Gasteiger partial charge is 0.456 e. The maximum Gasteiger partial charge on any atom is 0.280 e. The quantitative estimate of drug-likeness (QED) is 0.258. The summed E-state index contributed by atoms with van der Waals surface area (Å²) in [6.45, 7) is 5.44. The summed E-state index contributed by atoms with van der Waals surface area (Å²) in [4.78, 5) is 24.2. The lowest BCUT2D eigenvalue weighted by Gasteiger charge is -2.11. The second-order valence-corrected chi connectivity index (χ2v) is 8.06. The first kappa shape index (κ1) is 21.9. The minimum atomic E-state index is -0.429. The molecule has 0 atom stereocenters. The van der Waals surface area contributed by atoms with Gasteiger partial charge in [-0.3, -0.25) is 14.9 Å². The molecule has 5 rings (SSSR count). The molecule has 0 radical (unpaired) electrons. The Bertz CT molecular complexity index is 1520. The summed E-state index contributed by atoms with van der Waals surface area (Å²) < 4.78 is 5.88. The summed E-state index contributed by atoms with van der Waals surface area (Å²) >= 11 is 0. The molecule has 0 unspecified atom stereocenters. The Hall–Kier alpha value is -4.93. The predicted octanol–water partition coefficient (Wildman–Crippen LogP) is 4.46. The molecule has 0 aliphatic carbocycles. The van der Waals surface area contributed by atoms with Crippen LogP contribution in [0.3, 0.4) is 0 Å². The van der Waals surface area contributed by atoms with E-state index < -0.39 is 4.92 Å². The molecule has 1 aliphatic heterocycles. The highest BCUT2D eigenvalue weighted by Crippen LogP contribution is 2.34. The van der Waals surface area contributed by atoms with Crippen LogP contribution in [0.4, 0.5) is 11.4 Å². The van der Waals surface area contributed by atoms with Gasteiger partial charge < -0.3 is 4.42 Å². The first-order chi connectivity index (χ1) is 16.8. The van der Waals surface area contributed by atoms with Crippen LogP contribution < -0.4 is 5.01 Å². The van der Waals surface area contributed by atoms with Gasteiger partial charge in [0.15, 0.2) is 0 Å². The first-order valence-electron chi connectivity index (χ1n) is 10.6. The molecule has 0 fully saturated rings. The number of nitro benzene ring substituents is 1. The van der Waals surface area contributed by atoms with Gasteiger partial charge in [-0.2, -0.15) is 15.3 Å². The molecule has 3 heterocycles. The van der Waals surface area contributed by atoms with E-state index in [1.165, 1.54) is 11.1 Å². The molecule has 2 aromatic heterocycles. The van der Waals surface area contributed by atoms with E-state index in [4.69, 9.17) is 4.42 Å². The van der Waals surface area contributed by atoms with Gasteiger partial charge in [-0.05, 0) is 85.7 Å². The van der Waals surface area contributed by atoms with Gasteiger partial charge in [-0.15, -0.1) is 10.2 Å². The average Bonchev–Trinajstić information content (AvgIpc) is 3.59. The molecular weight excluding hydrogens is 450 g/mol. The summed E-state index contributed by atoms with van der Waals surface area (Å²) in [5, 5.41) is 31.1. The maximum absolute atomic E-state index is 13.1. The highest BCUT2D eigenvalue weighted by molar-refractivity contribution is 6.32. The van der Waals surface area contributed by atoms with E-state index in [1.807, 2.05) is 13.8 Å². The average molecular weight is 469 g/mol. The van der Waals surface area contributed by atoms with Gasteiger partial charge in [0, 0.05) is 11.6 Å². The summed E-state index contributed by atoms with van der Waals surface area (Å²) in [6, 6.07) is 13.6. The van der Waals surface area contributed by atoms with Gasteiger partial charge in [0.25, 0.3) is 11.6 Å². The number of hydrazone groups is 1. The van der Waals surface area contributed by atoms with Crippen molar-refractivity contribution in [1.29, 1.82) is 0 Å². The molecular formula is C24H19N7O4. The molecule has 1 N–H and O–H groups in total. The van der Waals surface area contributed by atoms with Crippen LogP contribution in [-0.2, 0) is 4.79 Å². The number of anilines is 1. The number of aromatic amines is 1. The summed E-state index contributed by atoms with van der Waals surface area (Å²) in [6.07, 6.45) is 1.59. The van der Waals surface area contributed by atoms with Gasteiger partial charge in [0.05, 0.1) is 27.5 Å². The van der Waals surface area contributed by atoms with E-state index in [2.05, 4.69) is 25.7 Å². The minimum absolute atomic E-state index is 0.0354. The molecule has 11 nitrogen and oxygen atoms in total. The number of furan rings is 1. The fourth-order valence-corrected chi connectivity index (χ4v) is 3.76. The van der Waals surface area contributed by atoms with Crippen molar-refractivity contribution >= 4 is 29.1 Å². The number of rotatable bonds is 5. The zero-order valence-electron chi connectivity index (χ0n) is 19.0. The number of carbonyl (C=O) groups is 1. The number of aryl methyl sites for hydroxylation is 2. The molecule has 0 saturated heterocycles. The zero-order chi connectivity index (χ0) is 24.7. The van der Waals surface area contributed by atoms with Gasteiger partial charge in [-0.1, -0.05) is 0 Å². The molecule has 1 aliphatic rings. The second-order valence-electron chi connectivity index (χ2n) is 8.06. The third-order valence-corrected chi connectivity index (χ3v) is 5.77. The van der Waals surface area contributed by atoms with Crippen molar-refractivity contribution in [3.63, 3.8) is 0 Å². The van der Waals surface area contributed by atoms with E-state index in [0.717, 1.165) is 16.7 Å². The lowest BCUT2D eigenvalue weighted by molar-refractivity contribution is -0.384. The van der Waals surface area contributed by atoms with E-state index in [9.17, 15) is 14.9 Å². The number of amides is 1. The molecule has 174 valence electrons. The SMILES string of the molecule is CC1=NN(c2ccc(-c3nn[nH]n3)cc2)C(=O)/C1=C\c1ccc(-c2cc(C)c(C)cc2[N+](=O)[O-])o1. The first-order valence-corrected chi connectivity index (χ1v) is 10.6. The van der Waals surface area contributed by atoms with Crippen LogP contribution in [0.5, 0.6) is 0 Å². The standard InChI is InChI=1S/C24H19N7O4/c1-13-10-20(21(31(33)34)11-14(13)2)22-9-8-18(35-22)12-19-15(3)27-30(24(19)32)17-6-4-16(5-7-17)23-25-28-29-26-23/h4-12H,1-3H3,(H,25,26,28,29)/b19-12-. The fraction of sp³-hybridized carbons (Fsp3) is 0.125. The maximum atomic E-state index is 13.1. The van der Waals surface area contributed by atoms with Crippen molar-refractivity contribution in [3.8, 4) is 22.7 Å². The number of benzene rings is 2. The number of nitro groups is 1. The molecule has 35 heavy (non-hydrogen) atoms. The van der Waals surface area contributed by atoms with Crippen LogP contribution in [-0.4, -0.2) is 37.2 Å². The van der Waals surface area contributed by atoms with Crippen LogP contribution in [0, 0.1) is 24.0 Å². The van der Waals surface area contributed by atoms with Crippen LogP contribution in [0.1, 0.15) is 23.8 Å². The normalized spacial score (nSPS) is 14.6. The lowest BCUT2D eigenvalue weighted by Crippen LogP contribution is -2.21. The van der Waals surface area contributed by atoms with Crippen LogP contribution >= 0.6 is 0 Å².